The molecule has 2 rings (SSSR count). The minimum absolute atomic E-state index is 0.0565. The first kappa shape index (κ1) is 16.8. The van der Waals surface area contributed by atoms with E-state index < -0.39 is 9.84 Å². The predicted octanol–water partition coefficient (Wildman–Crippen LogP) is 0.430. The molecule has 1 atom stereocenters. The van der Waals surface area contributed by atoms with Crippen LogP contribution in [0.25, 0.3) is 0 Å². The van der Waals surface area contributed by atoms with E-state index in [4.69, 9.17) is 4.74 Å². The third-order valence-corrected chi connectivity index (χ3v) is 5.39. The second kappa shape index (κ2) is 7.11. The topological polar surface area (TPSA) is 75.7 Å². The summed E-state index contributed by atoms with van der Waals surface area (Å²) in [6.07, 6.45) is 0.510. The molecule has 0 aromatic heterocycles. The molecule has 1 fully saturated rings. The van der Waals surface area contributed by atoms with Crippen LogP contribution in [0.3, 0.4) is 0 Å². The van der Waals surface area contributed by atoms with Crippen LogP contribution in [-0.2, 0) is 21.2 Å². The molecule has 0 radical (unpaired) electrons. The fraction of sp³-hybridized carbons (Fsp3) is 0.533. The molecule has 1 aliphatic heterocycles. The summed E-state index contributed by atoms with van der Waals surface area (Å²) < 4.78 is 27.8. The summed E-state index contributed by atoms with van der Waals surface area (Å²) in [5, 5.41) is 2.79. The van der Waals surface area contributed by atoms with E-state index in [1.165, 1.54) is 0 Å². The first-order chi connectivity index (χ1) is 10.4. The first-order valence-corrected chi connectivity index (χ1v) is 9.01. The Bertz CT molecular complexity index is 613. The van der Waals surface area contributed by atoms with Crippen LogP contribution < -0.4 is 10.1 Å². The molecule has 22 heavy (non-hydrogen) atoms. The largest absolute Gasteiger partial charge is 0.497 e. The van der Waals surface area contributed by atoms with Gasteiger partial charge < -0.3 is 10.1 Å². The van der Waals surface area contributed by atoms with Crippen LogP contribution in [0.15, 0.2) is 24.3 Å². The average molecular weight is 326 g/mol. The summed E-state index contributed by atoms with van der Waals surface area (Å²) in [5.74, 6) is 0.880. The number of nitrogens with one attached hydrogen (secondary N) is 1. The van der Waals surface area contributed by atoms with Gasteiger partial charge in [-0.15, -0.1) is 0 Å². The minimum Gasteiger partial charge on any atom is -0.497 e. The molecule has 6 nitrogen and oxygen atoms in total. The smallest absolute Gasteiger partial charge is 0.234 e. The average Bonchev–Trinajstić information content (AvgIpc) is 2.78. The Labute approximate surface area is 131 Å². The van der Waals surface area contributed by atoms with Crippen LogP contribution in [-0.4, -0.2) is 57.5 Å². The van der Waals surface area contributed by atoms with Gasteiger partial charge in [-0.05, 0) is 31.2 Å². The van der Waals surface area contributed by atoms with Crippen molar-refractivity contribution in [3.8, 4) is 5.75 Å². The molecule has 1 amide bonds. The van der Waals surface area contributed by atoms with Gasteiger partial charge >= 0.3 is 0 Å². The molecule has 1 heterocycles. The van der Waals surface area contributed by atoms with E-state index in [9.17, 15) is 13.2 Å². The van der Waals surface area contributed by atoms with E-state index in [0.717, 1.165) is 11.3 Å². The second-order valence-electron chi connectivity index (χ2n) is 5.69. The molecule has 122 valence electrons. The predicted molar refractivity (Wildman–Crippen MR) is 84.5 cm³/mol. The van der Waals surface area contributed by atoms with Gasteiger partial charge in [0.25, 0.3) is 0 Å². The number of ether oxygens (including phenoxy) is 1. The van der Waals surface area contributed by atoms with Crippen molar-refractivity contribution >= 4 is 15.7 Å². The highest BCUT2D eigenvalue weighted by atomic mass is 32.2. The SMILES string of the molecule is COc1ccc(CN(C)CC(=O)N[C@H]2CCS(=O)(=O)C2)cc1. The van der Waals surface area contributed by atoms with Gasteiger partial charge in [0.2, 0.25) is 5.91 Å². The van der Waals surface area contributed by atoms with Crippen molar-refractivity contribution in [3.05, 3.63) is 29.8 Å². The Hall–Kier alpha value is -1.60. The van der Waals surface area contributed by atoms with Crippen molar-refractivity contribution in [2.45, 2.75) is 19.0 Å². The molecule has 1 aromatic carbocycles. The molecular weight excluding hydrogens is 304 g/mol. The molecule has 1 N–H and O–H groups in total. The lowest BCUT2D eigenvalue weighted by Gasteiger charge is -2.18. The third kappa shape index (κ3) is 4.99. The molecule has 1 saturated heterocycles. The zero-order valence-electron chi connectivity index (χ0n) is 12.9. The van der Waals surface area contributed by atoms with Gasteiger partial charge in [-0.1, -0.05) is 12.1 Å². The zero-order valence-corrected chi connectivity index (χ0v) is 13.7. The van der Waals surface area contributed by atoms with Gasteiger partial charge in [-0.2, -0.15) is 0 Å². The normalized spacial score (nSPS) is 20.0. The number of amides is 1. The lowest BCUT2D eigenvalue weighted by molar-refractivity contribution is -0.122. The summed E-state index contributed by atoms with van der Waals surface area (Å²) >= 11 is 0. The number of sulfone groups is 1. The number of methoxy groups -OCH3 is 1. The van der Waals surface area contributed by atoms with Crippen molar-refractivity contribution in [3.63, 3.8) is 0 Å². The van der Waals surface area contributed by atoms with Crippen LogP contribution in [0.5, 0.6) is 5.75 Å². The number of carbonyl (C=O) groups is 1. The molecule has 0 aliphatic carbocycles. The lowest BCUT2D eigenvalue weighted by Crippen LogP contribution is -2.41. The second-order valence-corrected chi connectivity index (χ2v) is 7.92. The number of likely N-dealkylation sites (N-methyl/N-ethyl adjacent to an activating group) is 1. The highest BCUT2D eigenvalue weighted by Crippen LogP contribution is 2.13. The molecule has 0 bridgehead atoms. The summed E-state index contributed by atoms with van der Waals surface area (Å²) in [7, 11) is 0.511. The van der Waals surface area contributed by atoms with E-state index in [2.05, 4.69) is 5.32 Å². The Morgan fingerprint density at radius 2 is 2.05 bits per heavy atom. The number of benzene rings is 1. The maximum Gasteiger partial charge on any atom is 0.234 e. The number of rotatable bonds is 6. The van der Waals surface area contributed by atoms with Gasteiger partial charge in [0, 0.05) is 12.6 Å². The minimum atomic E-state index is -2.96. The number of nitrogens with zero attached hydrogens (tertiary/aromatic N) is 1. The van der Waals surface area contributed by atoms with Crippen LogP contribution >= 0.6 is 0 Å². The number of carbonyl (C=O) groups excluding carboxylic acids is 1. The monoisotopic (exact) mass is 326 g/mol. The van der Waals surface area contributed by atoms with E-state index in [0.29, 0.717) is 13.0 Å². The fourth-order valence-electron chi connectivity index (χ4n) is 2.53. The fourth-order valence-corrected chi connectivity index (χ4v) is 4.20. The molecular formula is C15H22N2O4S. The molecule has 1 aromatic rings. The van der Waals surface area contributed by atoms with Gasteiger partial charge in [-0.3, -0.25) is 9.69 Å². The third-order valence-electron chi connectivity index (χ3n) is 3.62. The van der Waals surface area contributed by atoms with E-state index in [-0.39, 0.29) is 30.0 Å². The molecule has 0 unspecified atom stereocenters. The summed E-state index contributed by atoms with van der Waals surface area (Å²) in [5.41, 5.74) is 1.08. The summed E-state index contributed by atoms with van der Waals surface area (Å²) in [4.78, 5) is 13.8. The zero-order chi connectivity index (χ0) is 16.2. The summed E-state index contributed by atoms with van der Waals surface area (Å²) in [6, 6.07) is 7.43. The van der Waals surface area contributed by atoms with Crippen molar-refractivity contribution in [2.24, 2.45) is 0 Å². The molecule has 0 spiro atoms. The molecule has 7 heteroatoms. The number of hydrogen-bond donors (Lipinski definition) is 1. The first-order valence-electron chi connectivity index (χ1n) is 7.19. The Kier molecular flexibility index (Phi) is 5.42. The highest BCUT2D eigenvalue weighted by Gasteiger charge is 2.28. The highest BCUT2D eigenvalue weighted by molar-refractivity contribution is 7.91. The maximum atomic E-state index is 11.9. The van der Waals surface area contributed by atoms with Gasteiger partial charge in [0.1, 0.15) is 5.75 Å². The standard InChI is InChI=1S/C15H22N2O4S/c1-17(9-12-3-5-14(21-2)6-4-12)10-15(18)16-13-7-8-22(19,20)11-13/h3-6,13H,7-11H2,1-2H3,(H,16,18)/t13-/m0/s1. The van der Waals surface area contributed by atoms with Crippen LogP contribution in [0, 0.1) is 0 Å². The van der Waals surface area contributed by atoms with Crippen molar-refractivity contribution < 1.29 is 17.9 Å². The van der Waals surface area contributed by atoms with Crippen LogP contribution in [0.2, 0.25) is 0 Å². The van der Waals surface area contributed by atoms with Crippen LogP contribution in [0.4, 0.5) is 0 Å². The Balaban J connectivity index is 1.78. The van der Waals surface area contributed by atoms with Gasteiger partial charge in [-0.25, -0.2) is 8.42 Å². The molecule has 1 aliphatic rings. The lowest BCUT2D eigenvalue weighted by atomic mass is 10.2. The van der Waals surface area contributed by atoms with Crippen molar-refractivity contribution in [1.82, 2.24) is 10.2 Å². The van der Waals surface area contributed by atoms with Crippen molar-refractivity contribution in [1.29, 1.82) is 0 Å². The Morgan fingerprint density at radius 3 is 2.59 bits per heavy atom. The summed E-state index contributed by atoms with van der Waals surface area (Å²) in [6.45, 7) is 0.878. The maximum absolute atomic E-state index is 11.9. The van der Waals surface area contributed by atoms with E-state index >= 15 is 0 Å². The van der Waals surface area contributed by atoms with E-state index in [1.54, 1.807) is 7.11 Å². The Morgan fingerprint density at radius 1 is 1.36 bits per heavy atom. The van der Waals surface area contributed by atoms with E-state index in [1.807, 2.05) is 36.2 Å². The van der Waals surface area contributed by atoms with Gasteiger partial charge in [0.15, 0.2) is 9.84 Å². The quantitative estimate of drug-likeness (QED) is 0.820. The van der Waals surface area contributed by atoms with Crippen LogP contribution in [0.1, 0.15) is 12.0 Å². The number of hydrogen-bond acceptors (Lipinski definition) is 5. The van der Waals surface area contributed by atoms with Gasteiger partial charge in [0.05, 0.1) is 25.2 Å². The van der Waals surface area contributed by atoms with Crippen molar-refractivity contribution in [2.75, 3.05) is 32.2 Å². The molecule has 0 saturated carbocycles.